The maximum atomic E-state index is 13.5. The quantitative estimate of drug-likeness (QED) is 0.0288. The lowest BCUT2D eigenvalue weighted by Gasteiger charge is -2.30. The van der Waals surface area contributed by atoms with E-state index < -0.39 is 23.1 Å². The van der Waals surface area contributed by atoms with Gasteiger partial charge in [0.15, 0.2) is 20.5 Å². The number of esters is 2. The summed E-state index contributed by atoms with van der Waals surface area (Å²) in [5, 5.41) is 23.5. The van der Waals surface area contributed by atoms with Crippen LogP contribution in [0.15, 0.2) is 0 Å². The van der Waals surface area contributed by atoms with Crippen LogP contribution in [-0.2, 0) is 83.0 Å². The molecule has 34 heteroatoms. The lowest BCUT2D eigenvalue weighted by molar-refractivity contribution is -0.146. The monoisotopic (exact) mass is 1880 g/mol. The number of aliphatic carboxylic acids is 1. The standard InChI is InChI=1S/C26H40N4O4S.C18H26N2O3S.C16H22N2O3S.C10H14N2O2S.C10H20N2O2.C8H13ClO.CH4.BrH.FH.2H2/c1-26(2,3)34-25(33)30-14-13-18(16-30)29(4)23(32)19-11-8-12-20-22(19)28-24(35-20)27-21(31)15-17-9-6-5-7-10-17;1-2-23-17(22)13-9-6-10-14-16(13)20-18(24-14)19-15(21)11-12-7-4-3-5-8-12;19-13(9-10-5-2-1-3-6-10)17-16-18-14-11(15(20)21)7-4-8-12(14)22-16;1-2-14-9(13)6-4-3-5-7-8(6)12-10(11)15-7;1-10(2,3)14-9(13)12-6-5-8(7-12)11-4;9-8(10)6-7-4-2-1-3-5-7;;;;;/h17-19H,5-16H2,1-4H3,(H,27,28,31);12-13H,2-11H2,1H3,(H,19,20,21);10-11H,1-9H2,(H,20,21)(H,17,18,19);6H,2-5H2,1H3,(H2,11,12);8,11H,5-7H2,1-4H3;7H,1-6H2;1H4;4*1H/i;;;;;;;;;1+1;. The molecular formula is C89H145BrClFN12O15S4. The molecular weight excluding hydrogens is 1740 g/mol. The molecule has 4 saturated carbocycles. The number of hydrogen-bond donors (Lipinski definition) is 6. The third kappa shape index (κ3) is 33.9. The number of halogens is 3. The van der Waals surface area contributed by atoms with Crippen molar-refractivity contribution in [3.8, 4) is 0 Å². The van der Waals surface area contributed by atoms with E-state index in [2.05, 4.69) is 36.2 Å². The first-order valence-electron chi connectivity index (χ1n) is 44.6. The molecule has 2 aliphatic heterocycles. The molecule has 10 aliphatic rings. The summed E-state index contributed by atoms with van der Waals surface area (Å²) in [5.41, 5.74) is 7.87. The van der Waals surface area contributed by atoms with Gasteiger partial charge in [-0.05, 0) is 239 Å². The van der Waals surface area contributed by atoms with Crippen molar-refractivity contribution in [2.24, 2.45) is 23.7 Å². The number of anilines is 4. The topological polar surface area (TPSA) is 363 Å². The number of aryl methyl sites for hydroxylation is 4. The molecule has 27 nitrogen and oxygen atoms in total. The number of amides is 6. The van der Waals surface area contributed by atoms with Crippen molar-refractivity contribution in [3.05, 3.63) is 42.3 Å². The van der Waals surface area contributed by atoms with Gasteiger partial charge in [0.2, 0.25) is 28.9 Å². The maximum absolute atomic E-state index is 13.5. The zero-order chi connectivity index (χ0) is 86.6. The van der Waals surface area contributed by atoms with Gasteiger partial charge in [-0.2, -0.15) is 0 Å². The summed E-state index contributed by atoms with van der Waals surface area (Å²) < 4.78 is 21.0. The predicted octanol–water partition coefficient (Wildman–Crippen LogP) is 20.0. The number of hydrogen-bond acceptors (Lipinski definition) is 24. The number of carbonyl (C=O) groups is 10. The highest BCUT2D eigenvalue weighted by Crippen LogP contribution is 2.43. The van der Waals surface area contributed by atoms with Crippen LogP contribution >= 0.6 is 73.9 Å². The fraction of sp³-hybridized carbons (Fsp3) is 0.753. The number of thiazole rings is 4. The van der Waals surface area contributed by atoms with E-state index in [9.17, 15) is 53.1 Å². The van der Waals surface area contributed by atoms with Crippen molar-refractivity contribution < 1.29 is 79.6 Å². The summed E-state index contributed by atoms with van der Waals surface area (Å²) in [6.45, 7) is 18.3. The number of aromatic nitrogens is 4. The molecule has 6 heterocycles. The number of carboxylic acid groups (broad SMARTS) is 1. The number of likely N-dealkylation sites (tertiary alicyclic amines) is 2. The van der Waals surface area contributed by atoms with Crippen molar-refractivity contribution in [1.29, 1.82) is 0 Å². The third-order valence-corrected chi connectivity index (χ3v) is 28.3. The highest BCUT2D eigenvalue weighted by molar-refractivity contribution is 8.93. The summed E-state index contributed by atoms with van der Waals surface area (Å²) in [6.07, 6.45) is 38.5. The Bertz CT molecular complexity index is 4050. The van der Waals surface area contributed by atoms with E-state index >= 15 is 0 Å². The van der Waals surface area contributed by atoms with Crippen LogP contribution in [0, 0.1) is 23.7 Å². The number of carboxylic acids is 1. The fourth-order valence-electron chi connectivity index (χ4n) is 17.8. The first kappa shape index (κ1) is 105. The zero-order valence-corrected chi connectivity index (χ0v) is 79.3. The lowest BCUT2D eigenvalue weighted by atomic mass is 9.87. The molecule has 0 aromatic carbocycles. The van der Waals surface area contributed by atoms with Gasteiger partial charge in [-0.25, -0.2) is 29.5 Å². The average molecular weight is 1890 g/mol. The van der Waals surface area contributed by atoms with Crippen molar-refractivity contribution in [2.45, 2.75) is 354 Å². The number of carbonyl (C=O) groups excluding carboxylic acids is 9. The highest BCUT2D eigenvalue weighted by atomic mass is 79.9. The van der Waals surface area contributed by atoms with Crippen LogP contribution < -0.4 is 27.0 Å². The predicted molar refractivity (Wildman–Crippen MR) is 496 cm³/mol. The SMILES string of the molecule is Br.C.CCOC(=O)C1CCCc2sc(N)nc21.CCOC(=O)C1CCCc2sc(NC(=O)CC3CCCCC3)nc21.CN(C(=O)C1CCCc2sc(NC(=O)CC3CCCCC3)nc21)C1CCN(C(=O)OC(C)(C)C)C1.CNC1CCN(C(=O)OC(C)(C)C)C1.F.O=C(CC1CCCCC1)Nc1nc2c(s1)CCCC2C(=O)O.O=C(Cl)CC1CCCCC1.[2HH].[HH]. The van der Waals surface area contributed by atoms with Crippen LogP contribution in [0.2, 0.25) is 0 Å². The maximum Gasteiger partial charge on any atom is 0.410 e. The second-order valence-corrected chi connectivity index (χ2v) is 40.6. The largest absolute Gasteiger partial charge is 0.481 e. The normalized spacial score (nSPS) is 21.3. The number of fused-ring (bicyclic) bond motifs is 4. The Morgan fingerprint density at radius 3 is 1.18 bits per heavy atom. The minimum absolute atomic E-state index is 0. The first-order valence-corrected chi connectivity index (χ1v) is 48.3. The van der Waals surface area contributed by atoms with E-state index in [0.29, 0.717) is 114 Å². The molecule has 6 atom stereocenters. The molecule has 0 radical (unpaired) electrons. The van der Waals surface area contributed by atoms with Gasteiger partial charge in [0, 0.05) is 87.3 Å². The van der Waals surface area contributed by atoms with Crippen LogP contribution in [0.3, 0.4) is 0 Å². The molecule has 6 fully saturated rings. The summed E-state index contributed by atoms with van der Waals surface area (Å²) in [5.74, 6) is -0.185. The van der Waals surface area contributed by atoms with E-state index in [-0.39, 0.29) is 109 Å². The third-order valence-electron chi connectivity index (χ3n) is 24.0. The van der Waals surface area contributed by atoms with Crippen LogP contribution in [-0.4, -0.2) is 175 Å². The number of ether oxygens (including phenoxy) is 4. The molecule has 0 bridgehead atoms. The van der Waals surface area contributed by atoms with Gasteiger partial charge in [-0.3, -0.25) is 43.1 Å². The van der Waals surface area contributed by atoms with Gasteiger partial charge in [0.25, 0.3) is 0 Å². The Kier molecular flexibility index (Phi) is 44.6. The molecule has 7 N–H and O–H groups in total. The van der Waals surface area contributed by atoms with Crippen molar-refractivity contribution in [2.75, 3.05) is 75.2 Å². The van der Waals surface area contributed by atoms with Gasteiger partial charge in [-0.15, -0.1) is 62.3 Å². The van der Waals surface area contributed by atoms with Crippen molar-refractivity contribution >= 4 is 153 Å². The zero-order valence-electron chi connectivity index (χ0n) is 73.6. The Labute approximate surface area is 762 Å². The van der Waals surface area contributed by atoms with E-state index in [4.69, 9.17) is 41.3 Å². The second-order valence-electron chi connectivity index (χ2n) is 35.8. The van der Waals surface area contributed by atoms with E-state index in [1.54, 1.807) is 14.7 Å². The number of rotatable bonds is 19. The summed E-state index contributed by atoms with van der Waals surface area (Å²) in [7, 11) is 3.75. The van der Waals surface area contributed by atoms with Gasteiger partial charge in [-0.1, -0.05) is 84.5 Å². The first-order chi connectivity index (χ1) is 57.3. The van der Waals surface area contributed by atoms with E-state index in [0.717, 1.165) is 172 Å². The Morgan fingerprint density at radius 2 is 0.821 bits per heavy atom. The number of nitrogens with two attached hydrogens (primary N) is 1. The lowest BCUT2D eigenvalue weighted by Crippen LogP contribution is -2.43. The minimum atomic E-state index is -0.814. The number of likely N-dealkylation sites (N-methyl/N-ethyl adjacent to an activating group) is 2. The average Bonchev–Trinajstić information content (AvgIpc) is 1.67. The van der Waals surface area contributed by atoms with Crippen molar-refractivity contribution in [3.63, 3.8) is 0 Å². The molecule has 0 spiro atoms. The highest BCUT2D eigenvalue weighted by Gasteiger charge is 2.40. The number of nitrogen functional groups attached to an aromatic ring is 1. The molecule has 14 rings (SSSR count). The molecule has 4 aromatic heterocycles. The van der Waals surface area contributed by atoms with E-state index in [1.807, 2.05) is 69.5 Å². The molecule has 6 amide bonds. The molecule has 4 aromatic rings. The fourth-order valence-corrected chi connectivity index (χ4v) is 22.2. The molecule has 123 heavy (non-hydrogen) atoms. The van der Waals surface area contributed by atoms with Crippen LogP contribution in [0.25, 0.3) is 0 Å². The van der Waals surface area contributed by atoms with Crippen molar-refractivity contribution in [1.82, 2.24) is 40.0 Å². The van der Waals surface area contributed by atoms with Gasteiger partial charge in [0.1, 0.15) is 29.0 Å². The Balaban J connectivity index is 0.000000325. The molecule has 696 valence electrons. The number of nitrogens with one attached hydrogen (secondary N) is 4. The summed E-state index contributed by atoms with van der Waals surface area (Å²) >= 11 is 11.2. The van der Waals surface area contributed by atoms with Crippen LogP contribution in [0.5, 0.6) is 0 Å². The molecule has 2 saturated heterocycles. The van der Waals surface area contributed by atoms with E-state index in [1.165, 1.54) is 135 Å². The smallest absolute Gasteiger partial charge is 0.410 e. The summed E-state index contributed by atoms with van der Waals surface area (Å²) in [6, 6.07) is 0.385. The Hall–Kier alpha value is -6.52. The second kappa shape index (κ2) is 52.1. The van der Waals surface area contributed by atoms with Gasteiger partial charge >= 0.3 is 30.1 Å². The molecule has 6 unspecified atom stereocenters. The summed E-state index contributed by atoms with van der Waals surface area (Å²) in [4.78, 5) is 148. The van der Waals surface area contributed by atoms with Crippen LogP contribution in [0.1, 0.15) is 350 Å². The van der Waals surface area contributed by atoms with Crippen LogP contribution in [0.4, 0.5) is 34.8 Å². The van der Waals surface area contributed by atoms with Gasteiger partial charge < -0.3 is 65.8 Å². The minimum Gasteiger partial charge on any atom is -0.481 e. The molecule has 8 aliphatic carbocycles. The number of nitrogens with zero attached hydrogens (tertiary/aromatic N) is 7. The van der Waals surface area contributed by atoms with Gasteiger partial charge in [0.05, 0.1) is 47.9 Å². The Morgan fingerprint density at radius 1 is 0.488 bits per heavy atom.